The minimum Gasteiger partial charge on any atom is -0.507 e. The first-order valence-corrected chi connectivity index (χ1v) is 4.81. The molecule has 3 N–H and O–H groups in total. The van der Waals surface area contributed by atoms with Crippen molar-refractivity contribution in [2.75, 3.05) is 0 Å². The van der Waals surface area contributed by atoms with E-state index in [1.54, 1.807) is 0 Å². The molecule has 0 bridgehead atoms. The van der Waals surface area contributed by atoms with Crippen LogP contribution < -0.4 is 0 Å². The molecule has 1 saturated carbocycles. The maximum atomic E-state index is 11.7. The van der Waals surface area contributed by atoms with Gasteiger partial charge in [0.05, 0.1) is 0 Å². The molecule has 0 radical (unpaired) electrons. The SMILES string of the molecule is Cc1c(O)cc(O)c(C(=O)C2CC2)c1O. The van der Waals surface area contributed by atoms with E-state index in [1.165, 1.54) is 6.92 Å². The monoisotopic (exact) mass is 208 g/mol. The fourth-order valence-corrected chi connectivity index (χ4v) is 1.53. The number of phenols is 3. The fourth-order valence-electron chi connectivity index (χ4n) is 1.53. The lowest BCUT2D eigenvalue weighted by atomic mass is 10.0. The normalized spacial score (nSPS) is 15.3. The number of hydrogen-bond acceptors (Lipinski definition) is 4. The van der Waals surface area contributed by atoms with Gasteiger partial charge < -0.3 is 15.3 Å². The first-order chi connectivity index (χ1) is 7.02. The number of carbonyl (C=O) groups is 1. The van der Waals surface area contributed by atoms with Crippen LogP contribution >= 0.6 is 0 Å². The van der Waals surface area contributed by atoms with Crippen molar-refractivity contribution in [3.05, 3.63) is 17.2 Å². The molecule has 1 aliphatic carbocycles. The van der Waals surface area contributed by atoms with E-state index >= 15 is 0 Å². The maximum absolute atomic E-state index is 11.7. The van der Waals surface area contributed by atoms with E-state index in [0.29, 0.717) is 0 Å². The summed E-state index contributed by atoms with van der Waals surface area (Å²) in [7, 11) is 0. The van der Waals surface area contributed by atoms with Crippen LogP contribution in [0.4, 0.5) is 0 Å². The molecule has 0 aliphatic heterocycles. The third-order valence-corrected chi connectivity index (χ3v) is 2.70. The Kier molecular flexibility index (Phi) is 2.07. The highest BCUT2D eigenvalue weighted by Gasteiger charge is 2.34. The van der Waals surface area contributed by atoms with Gasteiger partial charge in [0.25, 0.3) is 0 Å². The van der Waals surface area contributed by atoms with Crippen LogP contribution in [0, 0.1) is 12.8 Å². The predicted octanol–water partition coefficient (Wildman–Crippen LogP) is 1.70. The lowest BCUT2D eigenvalue weighted by Crippen LogP contribution is -2.03. The summed E-state index contributed by atoms with van der Waals surface area (Å²) in [5, 5.41) is 28.5. The summed E-state index contributed by atoms with van der Waals surface area (Å²) in [4.78, 5) is 11.7. The van der Waals surface area contributed by atoms with Gasteiger partial charge >= 0.3 is 0 Å². The zero-order chi connectivity index (χ0) is 11.2. The molecule has 1 aliphatic rings. The van der Waals surface area contributed by atoms with Gasteiger partial charge in [-0.25, -0.2) is 0 Å². The third kappa shape index (κ3) is 1.52. The molecule has 1 aromatic rings. The number of carbonyl (C=O) groups excluding carboxylic acids is 1. The zero-order valence-electron chi connectivity index (χ0n) is 8.32. The molecule has 0 unspecified atom stereocenters. The number of benzene rings is 1. The highest BCUT2D eigenvalue weighted by Crippen LogP contribution is 2.42. The maximum Gasteiger partial charge on any atom is 0.173 e. The van der Waals surface area contributed by atoms with Gasteiger partial charge in [0.2, 0.25) is 0 Å². The molecule has 0 saturated heterocycles. The molecule has 0 aromatic heterocycles. The second-order valence-electron chi connectivity index (χ2n) is 3.90. The Morgan fingerprint density at radius 1 is 1.27 bits per heavy atom. The van der Waals surface area contributed by atoms with Crippen LogP contribution in [-0.4, -0.2) is 21.1 Å². The van der Waals surface area contributed by atoms with Crippen molar-refractivity contribution < 1.29 is 20.1 Å². The molecule has 1 aromatic carbocycles. The van der Waals surface area contributed by atoms with E-state index in [-0.39, 0.29) is 40.1 Å². The molecule has 0 spiro atoms. The quantitative estimate of drug-likeness (QED) is 0.646. The molecule has 1 fully saturated rings. The number of aromatic hydroxyl groups is 3. The van der Waals surface area contributed by atoms with Crippen molar-refractivity contribution in [3.63, 3.8) is 0 Å². The molecular weight excluding hydrogens is 196 g/mol. The third-order valence-electron chi connectivity index (χ3n) is 2.70. The van der Waals surface area contributed by atoms with Gasteiger partial charge in [-0.15, -0.1) is 0 Å². The van der Waals surface area contributed by atoms with Crippen molar-refractivity contribution in [1.82, 2.24) is 0 Å². The Hall–Kier alpha value is -1.71. The fraction of sp³-hybridized carbons (Fsp3) is 0.364. The van der Waals surface area contributed by atoms with Crippen LogP contribution in [0.15, 0.2) is 6.07 Å². The van der Waals surface area contributed by atoms with E-state index in [0.717, 1.165) is 18.9 Å². The Balaban J connectivity index is 2.54. The van der Waals surface area contributed by atoms with E-state index in [2.05, 4.69) is 0 Å². The number of Topliss-reactive ketones (excluding diaryl/α,β-unsaturated/α-hetero) is 1. The zero-order valence-corrected chi connectivity index (χ0v) is 8.32. The molecule has 4 nitrogen and oxygen atoms in total. The molecule has 15 heavy (non-hydrogen) atoms. The van der Waals surface area contributed by atoms with Crippen molar-refractivity contribution in [2.45, 2.75) is 19.8 Å². The van der Waals surface area contributed by atoms with Gasteiger partial charge in [0.1, 0.15) is 22.8 Å². The van der Waals surface area contributed by atoms with Crippen LogP contribution in [0.1, 0.15) is 28.8 Å². The van der Waals surface area contributed by atoms with Gasteiger partial charge in [-0.05, 0) is 19.8 Å². The van der Waals surface area contributed by atoms with Crippen LogP contribution in [0.3, 0.4) is 0 Å². The summed E-state index contributed by atoms with van der Waals surface area (Å²) in [5.74, 6) is -1.20. The molecule has 80 valence electrons. The second kappa shape index (κ2) is 3.15. The van der Waals surface area contributed by atoms with Gasteiger partial charge in [0.15, 0.2) is 5.78 Å². The predicted molar refractivity (Wildman–Crippen MR) is 53.2 cm³/mol. The highest BCUT2D eigenvalue weighted by atomic mass is 16.3. The van der Waals surface area contributed by atoms with Gasteiger partial charge in [-0.1, -0.05) is 0 Å². The number of ketones is 1. The first kappa shape index (κ1) is 9.83. The molecule has 4 heteroatoms. The molecule has 0 amide bonds. The number of phenolic OH excluding ortho intramolecular Hbond substituents is 3. The summed E-state index contributed by atoms with van der Waals surface area (Å²) in [6.45, 7) is 1.49. The average Bonchev–Trinajstić information content (AvgIpc) is 2.97. The number of rotatable bonds is 2. The average molecular weight is 208 g/mol. The van der Waals surface area contributed by atoms with E-state index < -0.39 is 0 Å². The molecule has 0 heterocycles. The van der Waals surface area contributed by atoms with Gasteiger partial charge in [-0.2, -0.15) is 0 Å². The molecular formula is C11H12O4. The minimum absolute atomic E-state index is 0.0622. The smallest absolute Gasteiger partial charge is 0.173 e. The van der Waals surface area contributed by atoms with Crippen LogP contribution in [0.5, 0.6) is 17.2 Å². The Bertz CT molecular complexity index is 433. The summed E-state index contributed by atoms with van der Waals surface area (Å²) in [6, 6.07) is 1.09. The Labute approximate surface area is 86.8 Å². The topological polar surface area (TPSA) is 77.8 Å². The highest BCUT2D eigenvalue weighted by molar-refractivity contribution is 6.04. The first-order valence-electron chi connectivity index (χ1n) is 4.81. The van der Waals surface area contributed by atoms with E-state index in [4.69, 9.17) is 0 Å². The lowest BCUT2D eigenvalue weighted by Gasteiger charge is -2.09. The van der Waals surface area contributed by atoms with Crippen molar-refractivity contribution in [3.8, 4) is 17.2 Å². The lowest BCUT2D eigenvalue weighted by molar-refractivity contribution is 0.0962. The van der Waals surface area contributed by atoms with Crippen LogP contribution in [0.2, 0.25) is 0 Å². The van der Waals surface area contributed by atoms with Gasteiger partial charge in [-0.3, -0.25) is 4.79 Å². The van der Waals surface area contributed by atoms with Crippen molar-refractivity contribution in [1.29, 1.82) is 0 Å². The second-order valence-corrected chi connectivity index (χ2v) is 3.90. The molecule has 2 rings (SSSR count). The summed E-state index contributed by atoms with van der Waals surface area (Å²) < 4.78 is 0. The summed E-state index contributed by atoms with van der Waals surface area (Å²) in [6.07, 6.45) is 1.61. The molecule has 0 atom stereocenters. The minimum atomic E-state index is -0.354. The van der Waals surface area contributed by atoms with E-state index in [1.807, 2.05) is 0 Å². The Morgan fingerprint density at radius 2 is 1.87 bits per heavy atom. The summed E-state index contributed by atoms with van der Waals surface area (Å²) >= 11 is 0. The van der Waals surface area contributed by atoms with Crippen molar-refractivity contribution >= 4 is 5.78 Å². The number of hydrogen-bond donors (Lipinski definition) is 3. The standard InChI is InChI=1S/C11H12O4/c1-5-7(12)4-8(13)9(10(5)14)11(15)6-2-3-6/h4,6,12-14H,2-3H2,1H3. The largest absolute Gasteiger partial charge is 0.507 e. The van der Waals surface area contributed by atoms with Gasteiger partial charge in [0, 0.05) is 17.5 Å². The van der Waals surface area contributed by atoms with Crippen LogP contribution in [0.25, 0.3) is 0 Å². The van der Waals surface area contributed by atoms with Crippen LogP contribution in [-0.2, 0) is 0 Å². The Morgan fingerprint density at radius 3 is 2.40 bits per heavy atom. The van der Waals surface area contributed by atoms with E-state index in [9.17, 15) is 20.1 Å². The van der Waals surface area contributed by atoms with Crippen molar-refractivity contribution in [2.24, 2.45) is 5.92 Å². The summed E-state index contributed by atoms with van der Waals surface area (Å²) in [5.41, 5.74) is 0.157.